The largest absolute Gasteiger partial charge is 0.478 e. The first-order valence-corrected chi connectivity index (χ1v) is 4.73. The second-order valence-electron chi connectivity index (χ2n) is 3.32. The zero-order valence-corrected chi connectivity index (χ0v) is 8.44. The van der Waals surface area contributed by atoms with Crippen LogP contribution in [0.4, 0.5) is 0 Å². The molecule has 0 saturated carbocycles. The van der Waals surface area contributed by atoms with Gasteiger partial charge in [0, 0.05) is 0 Å². The van der Waals surface area contributed by atoms with Crippen molar-refractivity contribution in [2.24, 2.45) is 0 Å². The first-order valence-electron chi connectivity index (χ1n) is 4.73. The smallest absolute Gasteiger partial charge is 0.335 e. The third kappa shape index (κ3) is 1.53. The standard InChI is InChI=1S/C10H6N4O3/c15-9(16)6-1-2-7-8(3-6)17-10(13-7)14-5-11-4-12-14/h1-5H,(H,15,16). The van der Waals surface area contributed by atoms with E-state index in [0.717, 1.165) is 0 Å². The van der Waals surface area contributed by atoms with Gasteiger partial charge in [-0.15, -0.1) is 0 Å². The first-order chi connectivity index (χ1) is 8.24. The minimum atomic E-state index is -1.01. The number of benzene rings is 1. The molecule has 17 heavy (non-hydrogen) atoms. The summed E-state index contributed by atoms with van der Waals surface area (Å²) in [7, 11) is 0. The highest BCUT2D eigenvalue weighted by Gasteiger charge is 2.10. The fourth-order valence-corrected chi connectivity index (χ4v) is 1.45. The molecule has 0 saturated heterocycles. The van der Waals surface area contributed by atoms with E-state index < -0.39 is 5.97 Å². The summed E-state index contributed by atoms with van der Waals surface area (Å²) in [5, 5.41) is 12.7. The molecule has 7 heteroatoms. The highest BCUT2D eigenvalue weighted by molar-refractivity contribution is 5.91. The van der Waals surface area contributed by atoms with Crippen LogP contribution in [-0.4, -0.2) is 30.8 Å². The van der Waals surface area contributed by atoms with Crippen LogP contribution in [0.25, 0.3) is 17.1 Å². The van der Waals surface area contributed by atoms with Crippen LogP contribution in [0.3, 0.4) is 0 Å². The summed E-state index contributed by atoms with van der Waals surface area (Å²) in [6, 6.07) is 4.73. The lowest BCUT2D eigenvalue weighted by atomic mass is 10.2. The van der Waals surface area contributed by atoms with Crippen LogP contribution < -0.4 is 0 Å². The van der Waals surface area contributed by atoms with Gasteiger partial charge < -0.3 is 9.52 Å². The highest BCUT2D eigenvalue weighted by atomic mass is 16.4. The SMILES string of the molecule is O=C(O)c1ccc2nc(-n3cncn3)oc2c1. The lowest BCUT2D eigenvalue weighted by Gasteiger charge is -1.91. The molecule has 84 valence electrons. The summed E-state index contributed by atoms with van der Waals surface area (Å²) in [5.41, 5.74) is 1.12. The molecule has 2 aromatic heterocycles. The topological polar surface area (TPSA) is 94.0 Å². The van der Waals surface area contributed by atoms with Crippen LogP contribution in [0.15, 0.2) is 35.3 Å². The van der Waals surface area contributed by atoms with Crippen molar-refractivity contribution < 1.29 is 14.3 Å². The summed E-state index contributed by atoms with van der Waals surface area (Å²) in [5.74, 6) is -1.01. The molecule has 1 N–H and O–H groups in total. The lowest BCUT2D eigenvalue weighted by Crippen LogP contribution is -1.94. The van der Waals surface area contributed by atoms with Crippen LogP contribution in [0.2, 0.25) is 0 Å². The Morgan fingerprint density at radius 3 is 3.00 bits per heavy atom. The summed E-state index contributed by atoms with van der Waals surface area (Å²) >= 11 is 0. The number of hydrogen-bond donors (Lipinski definition) is 1. The molecule has 0 aliphatic carbocycles. The quantitative estimate of drug-likeness (QED) is 0.708. The zero-order valence-electron chi connectivity index (χ0n) is 8.44. The molecule has 0 fully saturated rings. The van der Waals surface area contributed by atoms with Gasteiger partial charge in [-0.2, -0.15) is 14.8 Å². The van der Waals surface area contributed by atoms with Gasteiger partial charge in [0.1, 0.15) is 18.2 Å². The van der Waals surface area contributed by atoms with Crippen LogP contribution in [0, 0.1) is 0 Å². The summed E-state index contributed by atoms with van der Waals surface area (Å²) in [6.07, 6.45) is 2.81. The number of carboxylic acid groups (broad SMARTS) is 1. The van der Waals surface area contributed by atoms with Gasteiger partial charge >= 0.3 is 12.0 Å². The van der Waals surface area contributed by atoms with E-state index in [1.165, 1.54) is 29.5 Å². The summed E-state index contributed by atoms with van der Waals surface area (Å²) in [4.78, 5) is 18.7. The molecule has 0 spiro atoms. The fourth-order valence-electron chi connectivity index (χ4n) is 1.45. The van der Waals surface area contributed by atoms with Crippen molar-refractivity contribution in [3.8, 4) is 6.01 Å². The summed E-state index contributed by atoms with van der Waals surface area (Å²) in [6.45, 7) is 0. The number of fused-ring (bicyclic) bond motifs is 1. The van der Waals surface area contributed by atoms with Gasteiger partial charge in [-0.3, -0.25) is 0 Å². The van der Waals surface area contributed by atoms with Crippen LogP contribution in [0.1, 0.15) is 10.4 Å². The molecular formula is C10H6N4O3. The van der Waals surface area contributed by atoms with Crippen molar-refractivity contribution in [1.29, 1.82) is 0 Å². The van der Waals surface area contributed by atoms with Gasteiger partial charge in [-0.1, -0.05) is 0 Å². The zero-order chi connectivity index (χ0) is 11.8. The van der Waals surface area contributed by atoms with Crippen molar-refractivity contribution in [3.63, 3.8) is 0 Å². The average molecular weight is 230 g/mol. The van der Waals surface area contributed by atoms with E-state index in [2.05, 4.69) is 15.1 Å². The first kappa shape index (κ1) is 9.52. The minimum Gasteiger partial charge on any atom is -0.478 e. The second kappa shape index (κ2) is 3.41. The van der Waals surface area contributed by atoms with Crippen molar-refractivity contribution in [2.45, 2.75) is 0 Å². The number of aromatic carboxylic acids is 1. The number of hydrogen-bond acceptors (Lipinski definition) is 5. The van der Waals surface area contributed by atoms with Crippen molar-refractivity contribution >= 4 is 17.1 Å². The minimum absolute atomic E-state index is 0.152. The van der Waals surface area contributed by atoms with Crippen LogP contribution >= 0.6 is 0 Å². The maximum Gasteiger partial charge on any atom is 0.335 e. The molecule has 0 unspecified atom stereocenters. The average Bonchev–Trinajstić information content (AvgIpc) is 2.96. The number of carbonyl (C=O) groups is 1. The van der Waals surface area contributed by atoms with E-state index in [0.29, 0.717) is 11.1 Å². The molecule has 0 aliphatic heterocycles. The van der Waals surface area contributed by atoms with Crippen LogP contribution in [-0.2, 0) is 0 Å². The Labute approximate surface area is 94.3 Å². The third-order valence-corrected chi connectivity index (χ3v) is 2.24. The van der Waals surface area contributed by atoms with E-state index in [4.69, 9.17) is 9.52 Å². The van der Waals surface area contributed by atoms with Crippen molar-refractivity contribution in [3.05, 3.63) is 36.4 Å². The van der Waals surface area contributed by atoms with E-state index in [1.54, 1.807) is 6.07 Å². The van der Waals surface area contributed by atoms with E-state index in [9.17, 15) is 4.79 Å². The molecule has 3 aromatic rings. The van der Waals surface area contributed by atoms with Gasteiger partial charge in [-0.05, 0) is 18.2 Å². The van der Waals surface area contributed by atoms with Gasteiger partial charge in [0.25, 0.3) is 0 Å². The fraction of sp³-hybridized carbons (Fsp3) is 0. The molecule has 3 rings (SSSR count). The van der Waals surface area contributed by atoms with Gasteiger partial charge in [0.15, 0.2) is 5.58 Å². The number of nitrogens with zero attached hydrogens (tertiary/aromatic N) is 4. The Hall–Kier alpha value is -2.70. The number of rotatable bonds is 2. The molecule has 0 radical (unpaired) electrons. The Morgan fingerprint density at radius 1 is 1.41 bits per heavy atom. The molecule has 0 aliphatic rings. The molecule has 0 bridgehead atoms. The predicted octanol–water partition coefficient (Wildman–Crippen LogP) is 1.11. The molecule has 0 amide bonds. The normalized spacial score (nSPS) is 10.8. The van der Waals surface area contributed by atoms with Gasteiger partial charge in [-0.25, -0.2) is 9.78 Å². The monoisotopic (exact) mass is 230 g/mol. The van der Waals surface area contributed by atoms with E-state index in [1.807, 2.05) is 0 Å². The van der Waals surface area contributed by atoms with Gasteiger partial charge in [0.05, 0.1) is 5.56 Å². The molecule has 0 atom stereocenters. The second-order valence-corrected chi connectivity index (χ2v) is 3.32. The highest BCUT2D eigenvalue weighted by Crippen LogP contribution is 2.19. The maximum absolute atomic E-state index is 10.8. The maximum atomic E-state index is 10.8. The van der Waals surface area contributed by atoms with Crippen molar-refractivity contribution in [1.82, 2.24) is 19.7 Å². The number of carboxylic acids is 1. The lowest BCUT2D eigenvalue weighted by molar-refractivity contribution is 0.0697. The number of aromatic nitrogens is 4. The Balaban J connectivity index is 2.16. The molecule has 2 heterocycles. The number of oxazole rings is 1. The van der Waals surface area contributed by atoms with E-state index >= 15 is 0 Å². The van der Waals surface area contributed by atoms with Crippen LogP contribution in [0.5, 0.6) is 0 Å². The Bertz CT molecular complexity index is 687. The summed E-state index contributed by atoms with van der Waals surface area (Å²) < 4.78 is 6.75. The third-order valence-electron chi connectivity index (χ3n) is 2.24. The Kier molecular flexibility index (Phi) is 1.91. The molecular weight excluding hydrogens is 224 g/mol. The van der Waals surface area contributed by atoms with Gasteiger partial charge in [0.2, 0.25) is 0 Å². The predicted molar refractivity (Wildman–Crippen MR) is 55.9 cm³/mol. The Morgan fingerprint density at radius 2 is 2.29 bits per heavy atom. The molecule has 7 nitrogen and oxygen atoms in total. The van der Waals surface area contributed by atoms with E-state index in [-0.39, 0.29) is 11.6 Å². The van der Waals surface area contributed by atoms with Crippen molar-refractivity contribution in [2.75, 3.05) is 0 Å². The molecule has 1 aromatic carbocycles.